The van der Waals surface area contributed by atoms with Crippen LogP contribution in [0, 0.1) is 10.1 Å². The van der Waals surface area contributed by atoms with Gasteiger partial charge in [0.15, 0.2) is 17.8 Å². The second-order valence-corrected chi connectivity index (χ2v) is 9.42. The third-order valence-electron chi connectivity index (χ3n) is 4.04. The number of non-ortho nitro benzene ring substituents is 1. The largest absolute Gasteiger partial charge is 0.453 e. The fourth-order valence-electron chi connectivity index (χ4n) is 2.45. The number of ether oxygens (including phenoxy) is 1. The molecule has 0 aliphatic carbocycles. The molecule has 0 aliphatic heterocycles. The van der Waals surface area contributed by atoms with E-state index in [-0.39, 0.29) is 19.9 Å². The number of sulfone groups is 1. The molecule has 1 aromatic heterocycles. The van der Waals surface area contributed by atoms with Gasteiger partial charge in [-0.2, -0.15) is 0 Å². The first-order chi connectivity index (χ1) is 15.2. The number of hydrogen-bond donors (Lipinski definition) is 2. The Hall–Kier alpha value is -3.68. The van der Waals surface area contributed by atoms with Gasteiger partial charge in [-0.1, -0.05) is 41.7 Å². The molecule has 0 bridgehead atoms. The number of benzene rings is 2. The van der Waals surface area contributed by atoms with E-state index in [2.05, 4.69) is 10.3 Å². The van der Waals surface area contributed by atoms with Crippen LogP contribution in [0.3, 0.4) is 0 Å². The Morgan fingerprint density at radius 2 is 1.81 bits per heavy atom. The lowest BCUT2D eigenvalue weighted by Crippen LogP contribution is -2.23. The number of aromatic nitrogens is 1. The van der Waals surface area contributed by atoms with E-state index in [1.807, 2.05) is 0 Å². The van der Waals surface area contributed by atoms with Crippen LogP contribution in [-0.4, -0.2) is 41.9 Å². The van der Waals surface area contributed by atoms with E-state index in [1.54, 1.807) is 18.2 Å². The first-order valence-corrected chi connectivity index (χ1v) is 11.1. The third kappa shape index (κ3) is 5.32. The van der Waals surface area contributed by atoms with Gasteiger partial charge >= 0.3 is 5.97 Å². The summed E-state index contributed by atoms with van der Waals surface area (Å²) in [5, 5.41) is 22.9. The highest BCUT2D eigenvalue weighted by Crippen LogP contribution is 2.29. The van der Waals surface area contributed by atoms with Crippen molar-refractivity contribution in [2.75, 3.05) is 11.9 Å². The first kappa shape index (κ1) is 23.0. The van der Waals surface area contributed by atoms with Gasteiger partial charge in [0.05, 0.1) is 16.0 Å². The SMILES string of the molecule is O=C(COC(=O)C(O)c1ccccc1)Nc1ncc(S(=O)(=O)c2ccc([N+](=O)[O-])cc2)s1. The number of nitrogens with zero attached hydrogens (tertiary/aromatic N) is 2. The van der Waals surface area contributed by atoms with E-state index in [4.69, 9.17) is 4.74 Å². The van der Waals surface area contributed by atoms with Crippen molar-refractivity contribution in [3.63, 3.8) is 0 Å². The molecule has 11 nitrogen and oxygen atoms in total. The molecule has 0 saturated carbocycles. The number of rotatable bonds is 8. The van der Waals surface area contributed by atoms with Crippen LogP contribution in [0.4, 0.5) is 10.8 Å². The van der Waals surface area contributed by atoms with Crippen LogP contribution in [0.25, 0.3) is 0 Å². The lowest BCUT2D eigenvalue weighted by molar-refractivity contribution is -0.384. The number of hydrogen-bond acceptors (Lipinski definition) is 10. The Labute approximate surface area is 185 Å². The quantitative estimate of drug-likeness (QED) is 0.280. The summed E-state index contributed by atoms with van der Waals surface area (Å²) >= 11 is 0.656. The number of aliphatic hydroxyl groups excluding tert-OH is 1. The highest BCUT2D eigenvalue weighted by Gasteiger charge is 2.23. The minimum atomic E-state index is -4.00. The summed E-state index contributed by atoms with van der Waals surface area (Å²) in [4.78, 5) is 37.6. The second kappa shape index (κ2) is 9.64. The summed E-state index contributed by atoms with van der Waals surface area (Å²) in [5.41, 5.74) is 0.0482. The van der Waals surface area contributed by atoms with Gasteiger partial charge in [-0.25, -0.2) is 18.2 Å². The molecule has 1 heterocycles. The zero-order valence-electron chi connectivity index (χ0n) is 16.1. The Morgan fingerprint density at radius 1 is 1.16 bits per heavy atom. The topological polar surface area (TPSA) is 166 Å². The van der Waals surface area contributed by atoms with Crippen molar-refractivity contribution in [1.29, 1.82) is 0 Å². The van der Waals surface area contributed by atoms with E-state index < -0.39 is 39.3 Å². The molecule has 2 N–H and O–H groups in total. The third-order valence-corrected chi connectivity index (χ3v) is 7.18. The first-order valence-electron chi connectivity index (χ1n) is 8.83. The van der Waals surface area contributed by atoms with Crippen LogP contribution < -0.4 is 5.32 Å². The number of nitro groups is 1. The zero-order chi connectivity index (χ0) is 23.3. The van der Waals surface area contributed by atoms with Crippen LogP contribution in [0.15, 0.2) is 69.9 Å². The van der Waals surface area contributed by atoms with Crippen LogP contribution in [0.1, 0.15) is 11.7 Å². The maximum absolute atomic E-state index is 12.6. The van der Waals surface area contributed by atoms with E-state index in [1.165, 1.54) is 12.1 Å². The van der Waals surface area contributed by atoms with Crippen molar-refractivity contribution in [2.24, 2.45) is 0 Å². The molecular weight excluding hydrogens is 462 g/mol. The summed E-state index contributed by atoms with van der Waals surface area (Å²) in [7, 11) is -4.00. The average Bonchev–Trinajstić information content (AvgIpc) is 3.27. The smallest absolute Gasteiger partial charge is 0.340 e. The van der Waals surface area contributed by atoms with Crippen molar-refractivity contribution in [2.45, 2.75) is 15.2 Å². The Morgan fingerprint density at radius 3 is 2.44 bits per heavy atom. The predicted molar refractivity (Wildman–Crippen MR) is 112 cm³/mol. The molecule has 0 aliphatic rings. The molecule has 1 atom stereocenters. The fraction of sp³-hybridized carbons (Fsp3) is 0.105. The molecule has 0 saturated heterocycles. The van der Waals surface area contributed by atoms with Gasteiger partial charge in [-0.3, -0.25) is 20.2 Å². The molecule has 0 radical (unpaired) electrons. The maximum atomic E-state index is 12.6. The zero-order valence-corrected chi connectivity index (χ0v) is 17.7. The standard InChI is InChI=1S/C19H15N3O8S2/c23-15(11-30-18(25)17(24)12-4-2-1-3-5-12)21-19-20-10-16(31-19)32(28,29)14-8-6-13(7-9-14)22(26)27/h1-10,17,24H,11H2,(H,20,21,23). The van der Waals surface area contributed by atoms with Crippen LogP contribution in [0.5, 0.6) is 0 Å². The van der Waals surface area contributed by atoms with Gasteiger partial charge < -0.3 is 9.84 Å². The van der Waals surface area contributed by atoms with E-state index in [0.29, 0.717) is 16.9 Å². The Balaban J connectivity index is 1.60. The van der Waals surface area contributed by atoms with Crippen molar-refractivity contribution in [3.05, 3.63) is 76.5 Å². The van der Waals surface area contributed by atoms with E-state index >= 15 is 0 Å². The monoisotopic (exact) mass is 477 g/mol. The Kier molecular flexibility index (Phi) is 6.92. The van der Waals surface area contributed by atoms with Crippen molar-refractivity contribution in [1.82, 2.24) is 4.98 Å². The number of nitrogens with one attached hydrogen (secondary N) is 1. The summed E-state index contributed by atoms with van der Waals surface area (Å²) < 4.78 is 29.8. The Bertz CT molecular complexity index is 1240. The molecule has 2 aromatic carbocycles. The van der Waals surface area contributed by atoms with Crippen molar-refractivity contribution < 1.29 is 32.8 Å². The van der Waals surface area contributed by atoms with Gasteiger partial charge in [0.25, 0.3) is 11.6 Å². The summed E-state index contributed by atoms with van der Waals surface area (Å²) in [6.07, 6.45) is -0.523. The summed E-state index contributed by atoms with van der Waals surface area (Å²) in [6.45, 7) is -0.716. The molecule has 3 aromatic rings. The number of aliphatic hydroxyl groups is 1. The van der Waals surface area contributed by atoms with Gasteiger partial charge in [0.1, 0.15) is 4.21 Å². The number of amides is 1. The lowest BCUT2D eigenvalue weighted by Gasteiger charge is -2.10. The van der Waals surface area contributed by atoms with Gasteiger partial charge in [-0.15, -0.1) is 0 Å². The minimum absolute atomic E-state index is 0.0601. The number of nitro benzene ring substituents is 1. The van der Waals surface area contributed by atoms with E-state index in [9.17, 15) is 33.2 Å². The summed E-state index contributed by atoms with van der Waals surface area (Å²) in [5.74, 6) is -1.81. The highest BCUT2D eigenvalue weighted by atomic mass is 32.2. The maximum Gasteiger partial charge on any atom is 0.340 e. The van der Waals surface area contributed by atoms with Crippen LogP contribution in [0.2, 0.25) is 0 Å². The van der Waals surface area contributed by atoms with Crippen molar-refractivity contribution >= 4 is 43.9 Å². The van der Waals surface area contributed by atoms with Crippen molar-refractivity contribution in [3.8, 4) is 0 Å². The fourth-order valence-corrected chi connectivity index (χ4v) is 4.90. The minimum Gasteiger partial charge on any atom is -0.453 e. The average molecular weight is 477 g/mol. The van der Waals surface area contributed by atoms with Gasteiger partial charge in [-0.05, 0) is 17.7 Å². The van der Waals surface area contributed by atoms with Crippen LogP contribution >= 0.6 is 11.3 Å². The molecule has 1 amide bonds. The highest BCUT2D eigenvalue weighted by molar-refractivity contribution is 7.93. The molecule has 13 heteroatoms. The molecule has 0 spiro atoms. The molecule has 0 fully saturated rings. The molecular formula is C19H15N3O8S2. The molecule has 166 valence electrons. The lowest BCUT2D eigenvalue weighted by atomic mass is 10.1. The number of anilines is 1. The number of esters is 1. The molecule has 1 unspecified atom stereocenters. The van der Waals surface area contributed by atoms with E-state index in [0.717, 1.165) is 30.5 Å². The molecule has 3 rings (SSSR count). The second-order valence-electron chi connectivity index (χ2n) is 6.21. The normalized spacial score (nSPS) is 12.0. The number of carbonyl (C=O) groups excluding carboxylic acids is 2. The predicted octanol–water partition coefficient (Wildman–Crippen LogP) is 2.10. The summed E-state index contributed by atoms with van der Waals surface area (Å²) in [6, 6.07) is 12.3. The van der Waals surface area contributed by atoms with Crippen LogP contribution in [-0.2, 0) is 24.2 Å². The number of carbonyl (C=O) groups is 2. The molecule has 32 heavy (non-hydrogen) atoms. The number of thiazole rings is 1. The van der Waals surface area contributed by atoms with Gasteiger partial charge in [0.2, 0.25) is 9.84 Å². The van der Waals surface area contributed by atoms with Gasteiger partial charge in [0, 0.05) is 12.1 Å².